The highest BCUT2D eigenvalue weighted by Crippen LogP contribution is 2.25. The molecule has 3 aromatic rings. The van der Waals surface area contributed by atoms with Gasteiger partial charge in [-0.05, 0) is 37.3 Å². The van der Waals surface area contributed by atoms with Crippen molar-refractivity contribution in [3.63, 3.8) is 0 Å². The van der Waals surface area contributed by atoms with E-state index in [1.54, 1.807) is 25.3 Å². The summed E-state index contributed by atoms with van der Waals surface area (Å²) in [5.41, 5.74) is 1.58. The van der Waals surface area contributed by atoms with Gasteiger partial charge in [0.25, 0.3) is 0 Å². The fraction of sp³-hybridized carbons (Fsp3) is 0.0588. The van der Waals surface area contributed by atoms with E-state index in [2.05, 4.69) is 41.5 Å². The van der Waals surface area contributed by atoms with E-state index in [9.17, 15) is 4.79 Å². The van der Waals surface area contributed by atoms with Crippen molar-refractivity contribution in [2.75, 3.05) is 10.6 Å². The summed E-state index contributed by atoms with van der Waals surface area (Å²) in [6.45, 7) is 1.78. The van der Waals surface area contributed by atoms with Crippen LogP contribution in [0.1, 0.15) is 6.92 Å². The molecule has 2 aromatic heterocycles. The maximum atomic E-state index is 11.7. The molecule has 24 heavy (non-hydrogen) atoms. The van der Waals surface area contributed by atoms with Crippen LogP contribution in [-0.2, 0) is 4.79 Å². The van der Waals surface area contributed by atoms with Crippen molar-refractivity contribution in [2.45, 2.75) is 6.92 Å². The average molecular weight is 384 g/mol. The van der Waals surface area contributed by atoms with E-state index in [4.69, 9.17) is 0 Å². The first kappa shape index (κ1) is 16.1. The Labute approximate surface area is 147 Å². The molecule has 0 spiro atoms. The van der Waals surface area contributed by atoms with Crippen LogP contribution in [0.3, 0.4) is 0 Å². The molecule has 0 aliphatic rings. The van der Waals surface area contributed by atoms with E-state index in [1.807, 2.05) is 24.3 Å². The summed E-state index contributed by atoms with van der Waals surface area (Å²) in [6.07, 6.45) is 6.19. The van der Waals surface area contributed by atoms with Crippen molar-refractivity contribution < 1.29 is 4.79 Å². The average Bonchev–Trinajstić information content (AvgIpc) is 2.56. The Morgan fingerprint density at radius 3 is 2.88 bits per heavy atom. The fourth-order valence-electron chi connectivity index (χ4n) is 2.15. The van der Waals surface area contributed by atoms with Gasteiger partial charge in [-0.3, -0.25) is 4.79 Å². The van der Waals surface area contributed by atoms with Crippen molar-refractivity contribution in [3.05, 3.63) is 59.5 Å². The molecule has 120 valence electrons. The third-order valence-corrected chi connectivity index (χ3v) is 3.67. The highest BCUT2D eigenvalue weighted by Gasteiger charge is 2.08. The Morgan fingerprint density at radius 1 is 1.21 bits per heavy atom. The van der Waals surface area contributed by atoms with Gasteiger partial charge in [0.2, 0.25) is 5.91 Å². The van der Waals surface area contributed by atoms with Crippen molar-refractivity contribution in [1.82, 2.24) is 15.0 Å². The molecular weight excluding hydrogens is 370 g/mol. The summed E-state index contributed by atoms with van der Waals surface area (Å²) in [4.78, 5) is 24.4. The van der Waals surface area contributed by atoms with E-state index in [0.29, 0.717) is 17.2 Å². The minimum atomic E-state index is -0.234. The lowest BCUT2D eigenvalue weighted by Gasteiger charge is -2.09. The van der Waals surface area contributed by atoms with Crippen LogP contribution >= 0.6 is 15.9 Å². The summed E-state index contributed by atoms with van der Waals surface area (Å²) < 4.78 is 0.965. The number of hydrogen-bond acceptors (Lipinski definition) is 5. The molecule has 0 radical (unpaired) electrons. The smallest absolute Gasteiger partial charge is 0.249 e. The molecule has 0 saturated carbocycles. The van der Waals surface area contributed by atoms with Crippen molar-refractivity contribution in [3.8, 4) is 0 Å². The molecule has 0 bridgehead atoms. The normalized spacial score (nSPS) is 10.9. The second kappa shape index (κ2) is 7.18. The van der Waals surface area contributed by atoms with Crippen molar-refractivity contribution in [2.24, 2.45) is 0 Å². The van der Waals surface area contributed by atoms with Crippen molar-refractivity contribution >= 4 is 50.1 Å². The Kier molecular flexibility index (Phi) is 4.81. The van der Waals surface area contributed by atoms with Crippen LogP contribution in [0.15, 0.2) is 59.5 Å². The Morgan fingerprint density at radius 2 is 2.08 bits per heavy atom. The largest absolute Gasteiger partial charge is 0.340 e. The minimum Gasteiger partial charge on any atom is -0.340 e. The summed E-state index contributed by atoms with van der Waals surface area (Å²) in [5.74, 6) is 0.849. The second-order valence-corrected chi connectivity index (χ2v) is 5.85. The molecule has 0 fully saturated rings. The van der Waals surface area contributed by atoms with Gasteiger partial charge in [-0.2, -0.15) is 0 Å². The highest BCUT2D eigenvalue weighted by atomic mass is 79.9. The number of halogens is 1. The Bertz CT molecular complexity index is 926. The lowest BCUT2D eigenvalue weighted by molar-refractivity contribution is -0.111. The van der Waals surface area contributed by atoms with Gasteiger partial charge in [-0.25, -0.2) is 15.0 Å². The molecule has 1 amide bonds. The van der Waals surface area contributed by atoms with Crippen LogP contribution in [0.4, 0.5) is 17.3 Å². The lowest BCUT2D eigenvalue weighted by Crippen LogP contribution is -2.09. The monoisotopic (exact) mass is 383 g/mol. The zero-order valence-corrected chi connectivity index (χ0v) is 14.4. The third-order valence-electron chi connectivity index (χ3n) is 3.18. The van der Waals surface area contributed by atoms with Crippen LogP contribution in [0, 0.1) is 0 Å². The predicted molar refractivity (Wildman–Crippen MR) is 98.2 cm³/mol. The van der Waals surface area contributed by atoms with Crippen LogP contribution in [-0.4, -0.2) is 20.9 Å². The second-order valence-electron chi connectivity index (χ2n) is 4.93. The molecule has 3 rings (SSSR count). The molecule has 6 nitrogen and oxygen atoms in total. The molecule has 0 saturated heterocycles. The van der Waals surface area contributed by atoms with Gasteiger partial charge in [0.1, 0.15) is 18.0 Å². The molecule has 2 N–H and O–H groups in total. The maximum absolute atomic E-state index is 11.7. The number of nitrogens with one attached hydrogen (secondary N) is 2. The molecule has 0 aliphatic heterocycles. The number of carbonyl (C=O) groups is 1. The molecule has 0 aliphatic carbocycles. The van der Waals surface area contributed by atoms with Gasteiger partial charge in [0.15, 0.2) is 0 Å². The zero-order chi connectivity index (χ0) is 16.9. The highest BCUT2D eigenvalue weighted by molar-refractivity contribution is 9.10. The van der Waals surface area contributed by atoms with Gasteiger partial charge >= 0.3 is 0 Å². The molecule has 0 atom stereocenters. The molecule has 7 heteroatoms. The number of amides is 1. The SMILES string of the molecule is CC=CC(=O)Nc1cc2c(Nc3cccc(Br)c3)ncnc2cn1. The molecule has 1 aromatic carbocycles. The summed E-state index contributed by atoms with van der Waals surface area (Å²) in [5, 5.41) is 6.73. The van der Waals surface area contributed by atoms with Gasteiger partial charge in [0.05, 0.1) is 11.7 Å². The molecule has 2 heterocycles. The minimum absolute atomic E-state index is 0.234. The standard InChI is InChI=1S/C17H14BrN5O/c1-2-4-16(24)23-15-8-13-14(9-19-15)20-10-21-17(13)22-12-6-3-5-11(18)7-12/h2-10H,1H3,(H,19,23,24)(H,20,21,22). The van der Waals surface area contributed by atoms with E-state index in [0.717, 1.165) is 15.5 Å². The number of pyridine rings is 1. The quantitative estimate of drug-likeness (QED) is 0.664. The van der Waals surface area contributed by atoms with Crippen LogP contribution in [0.25, 0.3) is 10.9 Å². The number of allylic oxidation sites excluding steroid dienone is 1. The topological polar surface area (TPSA) is 79.8 Å². The molecular formula is C17H14BrN5O. The zero-order valence-electron chi connectivity index (χ0n) is 12.8. The number of fused-ring (bicyclic) bond motifs is 1. The number of aromatic nitrogens is 3. The van der Waals surface area contributed by atoms with E-state index >= 15 is 0 Å². The van der Waals surface area contributed by atoms with E-state index in [-0.39, 0.29) is 5.91 Å². The van der Waals surface area contributed by atoms with E-state index < -0.39 is 0 Å². The van der Waals surface area contributed by atoms with Crippen LogP contribution < -0.4 is 10.6 Å². The lowest BCUT2D eigenvalue weighted by atomic mass is 10.2. The number of rotatable bonds is 4. The van der Waals surface area contributed by atoms with Gasteiger partial charge < -0.3 is 10.6 Å². The predicted octanol–water partition coefficient (Wildman–Crippen LogP) is 4.05. The first-order valence-electron chi connectivity index (χ1n) is 7.23. The number of anilines is 3. The van der Waals surface area contributed by atoms with Crippen LogP contribution in [0.2, 0.25) is 0 Å². The summed E-state index contributed by atoms with van der Waals surface area (Å²) in [7, 11) is 0. The Balaban J connectivity index is 1.96. The fourth-order valence-corrected chi connectivity index (χ4v) is 2.55. The van der Waals surface area contributed by atoms with Crippen molar-refractivity contribution in [1.29, 1.82) is 0 Å². The number of hydrogen-bond donors (Lipinski definition) is 2. The van der Waals surface area contributed by atoms with Gasteiger partial charge in [-0.15, -0.1) is 0 Å². The maximum Gasteiger partial charge on any atom is 0.249 e. The van der Waals surface area contributed by atoms with Gasteiger partial charge in [0, 0.05) is 15.5 Å². The third kappa shape index (κ3) is 3.75. The number of benzene rings is 1. The first-order chi connectivity index (χ1) is 11.7. The van der Waals surface area contributed by atoms with E-state index in [1.165, 1.54) is 12.4 Å². The number of carbonyl (C=O) groups excluding carboxylic acids is 1. The summed E-state index contributed by atoms with van der Waals surface area (Å²) in [6, 6.07) is 9.51. The Hall–Kier alpha value is -2.80. The van der Waals surface area contributed by atoms with Crippen LogP contribution in [0.5, 0.6) is 0 Å². The van der Waals surface area contributed by atoms with Gasteiger partial charge in [-0.1, -0.05) is 28.1 Å². The summed E-state index contributed by atoms with van der Waals surface area (Å²) >= 11 is 3.44. The first-order valence-corrected chi connectivity index (χ1v) is 8.02. The molecule has 0 unspecified atom stereocenters. The number of nitrogens with zero attached hydrogens (tertiary/aromatic N) is 3.